The van der Waals surface area contributed by atoms with Gasteiger partial charge < -0.3 is 14.8 Å². The molecule has 0 bridgehead atoms. The van der Waals surface area contributed by atoms with Gasteiger partial charge in [0.1, 0.15) is 18.7 Å². The van der Waals surface area contributed by atoms with Crippen molar-refractivity contribution >= 4 is 11.2 Å². The highest BCUT2D eigenvalue weighted by atomic mass is 19.3. The van der Waals surface area contributed by atoms with Crippen LogP contribution < -0.4 is 5.56 Å². The van der Waals surface area contributed by atoms with Crippen molar-refractivity contribution in [3.05, 3.63) is 23.0 Å². The van der Waals surface area contributed by atoms with Gasteiger partial charge in [-0.05, 0) is 0 Å². The third kappa shape index (κ3) is 1.81. The minimum Gasteiger partial charge on any atom is -0.393 e. The largest absolute Gasteiger partial charge is 0.393 e. The molecule has 1 fully saturated rings. The standard InChI is InChI=1S/C10H10F2N4O3/c11-10(12)1-6(19-5(10)2-17)16-4-15-8-7(9(16)18)13-3-14-8/h3-6,17H,1-2H2,(H,13,14)/t5-,6-/m0/s1. The van der Waals surface area contributed by atoms with Gasteiger partial charge in [-0.3, -0.25) is 9.36 Å². The van der Waals surface area contributed by atoms with Crippen LogP contribution >= 0.6 is 0 Å². The lowest BCUT2D eigenvalue weighted by molar-refractivity contribution is -0.102. The summed E-state index contributed by atoms with van der Waals surface area (Å²) >= 11 is 0. The molecule has 19 heavy (non-hydrogen) atoms. The summed E-state index contributed by atoms with van der Waals surface area (Å²) in [4.78, 5) is 22.3. The molecule has 9 heteroatoms. The van der Waals surface area contributed by atoms with Gasteiger partial charge in [0.15, 0.2) is 11.2 Å². The number of nitrogens with zero attached hydrogens (tertiary/aromatic N) is 3. The first-order chi connectivity index (χ1) is 9.03. The number of ether oxygens (including phenoxy) is 1. The average Bonchev–Trinajstić information content (AvgIpc) is 2.93. The summed E-state index contributed by atoms with van der Waals surface area (Å²) in [6.07, 6.45) is -1.03. The van der Waals surface area contributed by atoms with E-state index < -0.39 is 36.8 Å². The maximum Gasteiger partial charge on any atom is 0.281 e. The van der Waals surface area contributed by atoms with Gasteiger partial charge in [0, 0.05) is 0 Å². The number of aromatic nitrogens is 4. The van der Waals surface area contributed by atoms with Gasteiger partial charge in [-0.1, -0.05) is 0 Å². The van der Waals surface area contributed by atoms with Crippen LogP contribution in [0.25, 0.3) is 11.2 Å². The Labute approximate surface area is 104 Å². The van der Waals surface area contributed by atoms with Gasteiger partial charge in [0.2, 0.25) is 0 Å². The number of halogens is 2. The first kappa shape index (κ1) is 12.2. The number of rotatable bonds is 2. The fourth-order valence-corrected chi connectivity index (χ4v) is 2.09. The van der Waals surface area contributed by atoms with Crippen LogP contribution in [0, 0.1) is 0 Å². The van der Waals surface area contributed by atoms with Crippen LogP contribution in [0.1, 0.15) is 12.6 Å². The lowest BCUT2D eigenvalue weighted by Crippen LogP contribution is -2.31. The Balaban J connectivity index is 2.02. The molecule has 2 aromatic rings. The van der Waals surface area contributed by atoms with Crippen LogP contribution in [-0.2, 0) is 4.74 Å². The van der Waals surface area contributed by atoms with Crippen molar-refractivity contribution in [1.82, 2.24) is 19.5 Å². The number of fused-ring (bicyclic) bond motifs is 1. The lowest BCUT2D eigenvalue weighted by atomic mass is 10.2. The number of aromatic amines is 1. The fraction of sp³-hybridized carbons (Fsp3) is 0.500. The van der Waals surface area contributed by atoms with Crippen molar-refractivity contribution in [1.29, 1.82) is 0 Å². The van der Waals surface area contributed by atoms with Gasteiger partial charge in [-0.15, -0.1) is 0 Å². The topological polar surface area (TPSA) is 93.0 Å². The van der Waals surface area contributed by atoms with Crippen LogP contribution in [0.2, 0.25) is 0 Å². The molecule has 2 aromatic heterocycles. The van der Waals surface area contributed by atoms with E-state index in [1.54, 1.807) is 0 Å². The highest BCUT2D eigenvalue weighted by Gasteiger charge is 2.50. The van der Waals surface area contributed by atoms with Crippen molar-refractivity contribution in [2.45, 2.75) is 24.7 Å². The highest BCUT2D eigenvalue weighted by molar-refractivity contribution is 5.67. The molecular weight excluding hydrogens is 262 g/mol. The molecule has 1 saturated heterocycles. The van der Waals surface area contributed by atoms with Crippen LogP contribution in [-0.4, -0.2) is 43.3 Å². The van der Waals surface area contributed by atoms with Crippen molar-refractivity contribution < 1.29 is 18.6 Å². The van der Waals surface area contributed by atoms with E-state index in [0.29, 0.717) is 0 Å². The highest BCUT2D eigenvalue weighted by Crippen LogP contribution is 2.39. The molecule has 102 valence electrons. The normalized spacial score (nSPS) is 26.1. The Kier molecular flexibility index (Phi) is 2.61. The molecule has 0 saturated carbocycles. The molecule has 0 unspecified atom stereocenters. The van der Waals surface area contributed by atoms with Gasteiger partial charge in [-0.2, -0.15) is 0 Å². The van der Waals surface area contributed by atoms with Gasteiger partial charge in [0.05, 0.1) is 19.4 Å². The van der Waals surface area contributed by atoms with E-state index in [1.165, 1.54) is 6.33 Å². The Morgan fingerprint density at radius 3 is 3.05 bits per heavy atom. The summed E-state index contributed by atoms with van der Waals surface area (Å²) in [5.74, 6) is -3.18. The molecular formula is C10H10F2N4O3. The number of hydrogen-bond acceptors (Lipinski definition) is 5. The van der Waals surface area contributed by atoms with E-state index in [0.717, 1.165) is 10.9 Å². The average molecular weight is 272 g/mol. The van der Waals surface area contributed by atoms with Crippen molar-refractivity contribution in [3.8, 4) is 0 Å². The van der Waals surface area contributed by atoms with Crippen molar-refractivity contribution in [2.75, 3.05) is 6.61 Å². The van der Waals surface area contributed by atoms with E-state index >= 15 is 0 Å². The molecule has 0 aromatic carbocycles. The quantitative estimate of drug-likeness (QED) is 0.804. The minimum absolute atomic E-state index is 0.127. The predicted octanol–water partition coefficient (Wildman–Crippen LogP) is 0.0347. The second-order valence-corrected chi connectivity index (χ2v) is 4.29. The number of H-pyrrole nitrogens is 1. The number of alkyl halides is 2. The van der Waals surface area contributed by atoms with Crippen LogP contribution in [0.4, 0.5) is 8.78 Å². The molecule has 7 nitrogen and oxygen atoms in total. The predicted molar refractivity (Wildman–Crippen MR) is 58.7 cm³/mol. The smallest absolute Gasteiger partial charge is 0.281 e. The minimum atomic E-state index is -3.18. The third-order valence-corrected chi connectivity index (χ3v) is 3.09. The summed E-state index contributed by atoms with van der Waals surface area (Å²) in [6.45, 7) is -0.808. The summed E-state index contributed by atoms with van der Waals surface area (Å²) in [5.41, 5.74) is -0.200. The number of hydrogen-bond donors (Lipinski definition) is 2. The monoisotopic (exact) mass is 272 g/mol. The maximum absolute atomic E-state index is 13.5. The van der Waals surface area contributed by atoms with E-state index in [1.807, 2.05) is 0 Å². The van der Waals surface area contributed by atoms with E-state index in [9.17, 15) is 13.6 Å². The molecule has 0 aliphatic carbocycles. The van der Waals surface area contributed by atoms with Gasteiger partial charge >= 0.3 is 0 Å². The SMILES string of the molecule is O=c1c2[nH]cnc2ncn1[C@@H]1CC(F)(F)[C@H](CO)O1. The van der Waals surface area contributed by atoms with Crippen LogP contribution in [0.5, 0.6) is 0 Å². The number of aliphatic hydroxyl groups excluding tert-OH is 1. The van der Waals surface area contributed by atoms with E-state index in [-0.39, 0.29) is 11.2 Å². The molecule has 3 heterocycles. The third-order valence-electron chi connectivity index (χ3n) is 3.09. The Bertz CT molecular complexity index is 668. The second kappa shape index (κ2) is 4.07. The molecule has 2 N–H and O–H groups in total. The Morgan fingerprint density at radius 1 is 1.58 bits per heavy atom. The maximum atomic E-state index is 13.5. The van der Waals surface area contributed by atoms with Crippen LogP contribution in [0.3, 0.4) is 0 Å². The van der Waals surface area contributed by atoms with Crippen molar-refractivity contribution in [3.63, 3.8) is 0 Å². The number of aliphatic hydroxyl groups is 1. The van der Waals surface area contributed by atoms with Crippen molar-refractivity contribution in [2.24, 2.45) is 0 Å². The fourth-order valence-electron chi connectivity index (χ4n) is 2.09. The molecule has 1 aliphatic heterocycles. The van der Waals surface area contributed by atoms with Crippen LogP contribution in [0.15, 0.2) is 17.4 Å². The molecule has 2 atom stereocenters. The number of nitrogens with one attached hydrogen (secondary N) is 1. The zero-order valence-electron chi connectivity index (χ0n) is 9.58. The van der Waals surface area contributed by atoms with E-state index in [2.05, 4.69) is 15.0 Å². The molecule has 0 radical (unpaired) electrons. The van der Waals surface area contributed by atoms with Gasteiger partial charge in [0.25, 0.3) is 11.5 Å². The molecule has 0 amide bonds. The molecule has 0 spiro atoms. The Hall–Kier alpha value is -1.87. The summed E-state index contributed by atoms with van der Waals surface area (Å²) in [6, 6.07) is 0. The lowest BCUT2D eigenvalue weighted by Gasteiger charge is -2.14. The number of imidazole rings is 1. The molecule has 3 rings (SSSR count). The molecule has 1 aliphatic rings. The second-order valence-electron chi connectivity index (χ2n) is 4.29. The Morgan fingerprint density at radius 2 is 2.37 bits per heavy atom. The van der Waals surface area contributed by atoms with E-state index in [4.69, 9.17) is 9.84 Å². The first-order valence-corrected chi connectivity index (χ1v) is 5.57. The zero-order valence-corrected chi connectivity index (χ0v) is 9.58. The summed E-state index contributed by atoms with van der Waals surface area (Å²) < 4.78 is 33.0. The summed E-state index contributed by atoms with van der Waals surface area (Å²) in [7, 11) is 0. The van der Waals surface area contributed by atoms with Gasteiger partial charge in [-0.25, -0.2) is 18.7 Å². The zero-order chi connectivity index (χ0) is 13.6. The first-order valence-electron chi connectivity index (χ1n) is 5.57. The summed E-state index contributed by atoms with van der Waals surface area (Å²) in [5, 5.41) is 8.85.